The van der Waals surface area contributed by atoms with Gasteiger partial charge in [-0.05, 0) is 48.8 Å². The van der Waals surface area contributed by atoms with E-state index in [1.54, 1.807) is 11.3 Å². The van der Waals surface area contributed by atoms with Crippen molar-refractivity contribution < 1.29 is 4.74 Å². The van der Waals surface area contributed by atoms with Gasteiger partial charge in [-0.3, -0.25) is 0 Å². The van der Waals surface area contributed by atoms with Crippen LogP contribution in [-0.4, -0.2) is 11.6 Å². The third kappa shape index (κ3) is 3.65. The Kier molecular flexibility index (Phi) is 5.29. The van der Waals surface area contributed by atoms with Crippen LogP contribution in [0.5, 0.6) is 5.75 Å². The fourth-order valence-electron chi connectivity index (χ4n) is 1.84. The van der Waals surface area contributed by atoms with Crippen LogP contribution in [0.4, 0.5) is 5.69 Å². The third-order valence-electron chi connectivity index (χ3n) is 2.75. The molecule has 6 heteroatoms. The van der Waals surface area contributed by atoms with Gasteiger partial charge in [0.1, 0.15) is 0 Å². The van der Waals surface area contributed by atoms with E-state index in [0.29, 0.717) is 11.6 Å². The van der Waals surface area contributed by atoms with E-state index in [4.69, 9.17) is 16.3 Å². The second kappa shape index (κ2) is 6.78. The summed E-state index contributed by atoms with van der Waals surface area (Å²) >= 11 is 11.2. The molecule has 0 bridgehead atoms. The molecule has 2 rings (SSSR count). The summed E-state index contributed by atoms with van der Waals surface area (Å²) in [5.74, 6) is 0.774. The molecule has 0 saturated carbocycles. The second-order valence-corrected chi connectivity index (χ2v) is 6.71. The van der Waals surface area contributed by atoms with E-state index in [1.807, 2.05) is 26.0 Å². The van der Waals surface area contributed by atoms with Gasteiger partial charge in [-0.25, -0.2) is 4.98 Å². The predicted molar refractivity (Wildman–Crippen MR) is 89.2 cm³/mol. The Morgan fingerprint density at radius 2 is 2.25 bits per heavy atom. The monoisotopic (exact) mass is 374 g/mol. The van der Waals surface area contributed by atoms with Gasteiger partial charge < -0.3 is 10.1 Å². The molecule has 0 aliphatic rings. The van der Waals surface area contributed by atoms with E-state index < -0.39 is 0 Å². The molecular weight excluding hydrogens is 360 g/mol. The summed E-state index contributed by atoms with van der Waals surface area (Å²) in [6.45, 7) is 6.62. The van der Waals surface area contributed by atoms with Crippen molar-refractivity contribution in [2.75, 3.05) is 11.9 Å². The number of ether oxygens (including phenoxy) is 1. The van der Waals surface area contributed by atoms with Crippen molar-refractivity contribution in [3.8, 4) is 5.75 Å². The summed E-state index contributed by atoms with van der Waals surface area (Å²) in [5, 5.41) is 7.19. The first-order valence-electron chi connectivity index (χ1n) is 6.31. The molecule has 1 N–H and O–H groups in total. The first-order chi connectivity index (χ1) is 9.51. The minimum atomic E-state index is 0.0875. The van der Waals surface area contributed by atoms with Gasteiger partial charge in [-0.15, -0.1) is 11.3 Å². The molecule has 108 valence electrons. The molecule has 0 fully saturated rings. The number of benzene rings is 1. The summed E-state index contributed by atoms with van der Waals surface area (Å²) in [6, 6.07) is 3.78. The minimum absolute atomic E-state index is 0.0875. The Bertz CT molecular complexity index is 603. The van der Waals surface area contributed by atoms with Crippen LogP contribution >= 0.6 is 38.9 Å². The lowest BCUT2D eigenvalue weighted by molar-refractivity contribution is 0.339. The van der Waals surface area contributed by atoms with Crippen molar-refractivity contribution in [1.29, 1.82) is 0 Å². The molecule has 2 aromatic rings. The highest BCUT2D eigenvalue weighted by Crippen LogP contribution is 2.38. The lowest BCUT2D eigenvalue weighted by Gasteiger charge is -2.18. The topological polar surface area (TPSA) is 34.1 Å². The van der Waals surface area contributed by atoms with Gasteiger partial charge in [0, 0.05) is 10.4 Å². The molecule has 20 heavy (non-hydrogen) atoms. The van der Waals surface area contributed by atoms with E-state index >= 15 is 0 Å². The first kappa shape index (κ1) is 15.6. The maximum absolute atomic E-state index is 6.12. The van der Waals surface area contributed by atoms with Crippen LogP contribution in [0.15, 0.2) is 22.0 Å². The Hall–Kier alpha value is -0.780. The van der Waals surface area contributed by atoms with Gasteiger partial charge in [-0.1, -0.05) is 11.6 Å². The van der Waals surface area contributed by atoms with Crippen LogP contribution in [0, 0.1) is 6.92 Å². The van der Waals surface area contributed by atoms with Crippen molar-refractivity contribution in [1.82, 2.24) is 4.98 Å². The molecule has 0 spiro atoms. The van der Waals surface area contributed by atoms with Gasteiger partial charge >= 0.3 is 0 Å². The van der Waals surface area contributed by atoms with Gasteiger partial charge in [0.25, 0.3) is 0 Å². The number of hydrogen-bond acceptors (Lipinski definition) is 4. The van der Waals surface area contributed by atoms with Crippen LogP contribution < -0.4 is 10.1 Å². The summed E-state index contributed by atoms with van der Waals surface area (Å²) in [6.07, 6.45) is 0. The number of hydrogen-bond donors (Lipinski definition) is 1. The zero-order chi connectivity index (χ0) is 14.7. The lowest BCUT2D eigenvalue weighted by atomic mass is 10.2. The molecule has 0 amide bonds. The summed E-state index contributed by atoms with van der Waals surface area (Å²) in [4.78, 5) is 4.50. The fraction of sp³-hybridized carbons (Fsp3) is 0.357. The lowest BCUT2D eigenvalue weighted by Crippen LogP contribution is -2.09. The number of aryl methyl sites for hydroxylation is 1. The first-order valence-corrected chi connectivity index (χ1v) is 8.36. The van der Waals surface area contributed by atoms with E-state index in [-0.39, 0.29) is 6.04 Å². The van der Waals surface area contributed by atoms with Crippen LogP contribution in [0.2, 0.25) is 5.02 Å². The predicted octanol–water partition coefficient (Wildman–Crippen LogP) is 5.44. The fourth-order valence-corrected chi connectivity index (χ4v) is 3.48. The van der Waals surface area contributed by atoms with Crippen molar-refractivity contribution in [3.63, 3.8) is 0 Å². The molecule has 1 aromatic heterocycles. The van der Waals surface area contributed by atoms with Crippen molar-refractivity contribution in [2.24, 2.45) is 0 Å². The van der Waals surface area contributed by atoms with Gasteiger partial charge in [0.15, 0.2) is 5.75 Å². The third-order valence-corrected chi connectivity index (χ3v) is 4.35. The number of aromatic nitrogens is 1. The normalized spacial score (nSPS) is 12.2. The van der Waals surface area contributed by atoms with Gasteiger partial charge in [-0.2, -0.15) is 0 Å². The molecular formula is C14H16BrClN2OS. The Balaban J connectivity index is 2.27. The second-order valence-electron chi connectivity index (χ2n) is 4.35. The summed E-state index contributed by atoms with van der Waals surface area (Å²) in [7, 11) is 0. The van der Waals surface area contributed by atoms with Gasteiger partial charge in [0.2, 0.25) is 0 Å². The van der Waals surface area contributed by atoms with Gasteiger partial charge in [0.05, 0.1) is 33.5 Å². The van der Waals surface area contributed by atoms with E-state index in [9.17, 15) is 0 Å². The van der Waals surface area contributed by atoms with E-state index in [0.717, 1.165) is 26.6 Å². The molecule has 0 saturated heterocycles. The smallest absolute Gasteiger partial charge is 0.156 e. The molecule has 1 heterocycles. The molecule has 0 aliphatic heterocycles. The number of rotatable bonds is 5. The Morgan fingerprint density at radius 1 is 1.50 bits per heavy atom. The number of thiazole rings is 1. The molecule has 0 radical (unpaired) electrons. The Labute approximate surface area is 136 Å². The maximum atomic E-state index is 6.12. The molecule has 1 unspecified atom stereocenters. The maximum Gasteiger partial charge on any atom is 0.156 e. The Morgan fingerprint density at radius 3 is 2.85 bits per heavy atom. The summed E-state index contributed by atoms with van der Waals surface area (Å²) < 4.78 is 6.52. The quantitative estimate of drug-likeness (QED) is 0.755. The summed E-state index contributed by atoms with van der Waals surface area (Å²) in [5.41, 5.74) is 1.88. The standard InChI is InChI=1S/C14H16BrClN2OS/c1-4-19-14-11(15)5-10(16)6-12(14)17-8(2)13-7-20-9(3)18-13/h5-8,17H,4H2,1-3H3. The number of nitrogens with zero attached hydrogens (tertiary/aromatic N) is 1. The average molecular weight is 376 g/mol. The highest BCUT2D eigenvalue weighted by atomic mass is 79.9. The van der Waals surface area contributed by atoms with Crippen molar-refractivity contribution in [2.45, 2.75) is 26.8 Å². The number of nitrogens with one attached hydrogen (secondary N) is 1. The zero-order valence-corrected chi connectivity index (χ0v) is 14.7. The average Bonchev–Trinajstić information content (AvgIpc) is 2.80. The van der Waals surface area contributed by atoms with Crippen LogP contribution in [-0.2, 0) is 0 Å². The number of anilines is 1. The zero-order valence-electron chi connectivity index (χ0n) is 11.5. The highest BCUT2D eigenvalue weighted by Gasteiger charge is 2.15. The molecule has 3 nitrogen and oxygen atoms in total. The van der Waals surface area contributed by atoms with Crippen LogP contribution in [0.3, 0.4) is 0 Å². The number of halogens is 2. The van der Waals surface area contributed by atoms with Crippen LogP contribution in [0.25, 0.3) is 0 Å². The SMILES string of the molecule is CCOc1c(Br)cc(Cl)cc1NC(C)c1csc(C)n1. The minimum Gasteiger partial charge on any atom is -0.491 e. The van der Waals surface area contributed by atoms with Crippen molar-refractivity contribution >= 4 is 44.6 Å². The molecule has 0 aliphatic carbocycles. The highest BCUT2D eigenvalue weighted by molar-refractivity contribution is 9.10. The molecule has 1 atom stereocenters. The van der Waals surface area contributed by atoms with E-state index in [1.165, 1.54) is 0 Å². The van der Waals surface area contributed by atoms with Crippen molar-refractivity contribution in [3.05, 3.63) is 37.7 Å². The molecule has 1 aromatic carbocycles. The van der Waals surface area contributed by atoms with Crippen LogP contribution in [0.1, 0.15) is 30.6 Å². The van der Waals surface area contributed by atoms with E-state index in [2.05, 4.69) is 38.5 Å². The largest absolute Gasteiger partial charge is 0.491 e.